The van der Waals surface area contributed by atoms with E-state index in [1.54, 1.807) is 0 Å². The van der Waals surface area contributed by atoms with Gasteiger partial charge in [0.2, 0.25) is 0 Å². The molecule has 1 aliphatic carbocycles. The molecule has 0 aromatic rings. The summed E-state index contributed by atoms with van der Waals surface area (Å²) in [4.78, 5) is 22.0. The van der Waals surface area contributed by atoms with Gasteiger partial charge in [-0.3, -0.25) is 4.79 Å². The van der Waals surface area contributed by atoms with Crippen molar-refractivity contribution in [2.75, 3.05) is 6.61 Å². The van der Waals surface area contributed by atoms with E-state index in [2.05, 4.69) is 6.58 Å². The Bertz CT molecular complexity index is 247. The molecule has 0 aliphatic heterocycles. The lowest BCUT2D eigenvalue weighted by Crippen LogP contribution is -2.25. The van der Waals surface area contributed by atoms with Crippen molar-refractivity contribution in [3.8, 4) is 0 Å². The van der Waals surface area contributed by atoms with Gasteiger partial charge in [-0.25, -0.2) is 4.79 Å². The van der Waals surface area contributed by atoms with Gasteiger partial charge in [0.15, 0.2) is 0 Å². The molecule has 1 rings (SSSR count). The maximum absolute atomic E-state index is 11.2. The number of ketones is 1. The minimum Gasteiger partial charge on any atom is -0.459 e. The van der Waals surface area contributed by atoms with Gasteiger partial charge in [0.1, 0.15) is 11.9 Å². The molecular formula is C10H14O4. The summed E-state index contributed by atoms with van der Waals surface area (Å²) in [5.74, 6) is -0.342. The Morgan fingerprint density at radius 3 is 2.57 bits per heavy atom. The molecule has 0 amide bonds. The van der Waals surface area contributed by atoms with Crippen LogP contribution in [-0.4, -0.2) is 29.6 Å². The first-order valence-corrected chi connectivity index (χ1v) is 4.65. The number of aliphatic hydroxyl groups is 1. The number of aliphatic hydroxyl groups excluding tert-OH is 1. The summed E-state index contributed by atoms with van der Waals surface area (Å²) in [5, 5.41) is 8.62. The van der Waals surface area contributed by atoms with Crippen LogP contribution in [-0.2, 0) is 14.3 Å². The van der Waals surface area contributed by atoms with Crippen LogP contribution in [0, 0.1) is 0 Å². The zero-order valence-electron chi connectivity index (χ0n) is 7.99. The summed E-state index contributed by atoms with van der Waals surface area (Å²) in [5.41, 5.74) is 0.0573. The van der Waals surface area contributed by atoms with Crippen LogP contribution in [0.1, 0.15) is 25.7 Å². The first-order valence-electron chi connectivity index (χ1n) is 4.65. The minimum absolute atomic E-state index is 0.0573. The highest BCUT2D eigenvalue weighted by Gasteiger charge is 2.22. The van der Waals surface area contributed by atoms with Crippen molar-refractivity contribution in [2.45, 2.75) is 31.8 Å². The van der Waals surface area contributed by atoms with E-state index in [4.69, 9.17) is 9.84 Å². The average Bonchev–Trinajstić information content (AvgIpc) is 2.20. The molecule has 4 heteroatoms. The monoisotopic (exact) mass is 198 g/mol. The number of hydrogen-bond donors (Lipinski definition) is 1. The van der Waals surface area contributed by atoms with E-state index >= 15 is 0 Å². The Balaban J connectivity index is 2.34. The molecule has 14 heavy (non-hydrogen) atoms. The van der Waals surface area contributed by atoms with Crippen molar-refractivity contribution in [2.24, 2.45) is 0 Å². The fraction of sp³-hybridized carbons (Fsp3) is 0.600. The standard InChI is InChI=1S/C10H14O4/c1-7(6-11)10(13)14-9-4-2-8(12)3-5-9/h9,11H,1-6H2. The lowest BCUT2D eigenvalue weighted by molar-refractivity contribution is -0.147. The fourth-order valence-corrected chi connectivity index (χ4v) is 1.33. The normalized spacial score (nSPS) is 17.9. The van der Waals surface area contributed by atoms with Gasteiger partial charge >= 0.3 is 5.97 Å². The molecule has 1 aliphatic rings. The van der Waals surface area contributed by atoms with Crippen LogP contribution in [0.15, 0.2) is 12.2 Å². The third-order valence-corrected chi connectivity index (χ3v) is 2.24. The maximum atomic E-state index is 11.2. The molecule has 1 N–H and O–H groups in total. The quantitative estimate of drug-likeness (QED) is 0.532. The molecule has 0 atom stereocenters. The topological polar surface area (TPSA) is 63.6 Å². The lowest BCUT2D eigenvalue weighted by Gasteiger charge is -2.21. The predicted molar refractivity (Wildman–Crippen MR) is 49.6 cm³/mol. The van der Waals surface area contributed by atoms with Crippen LogP contribution >= 0.6 is 0 Å². The number of ether oxygens (including phenoxy) is 1. The van der Waals surface area contributed by atoms with Crippen molar-refractivity contribution in [3.05, 3.63) is 12.2 Å². The Hall–Kier alpha value is -1.16. The van der Waals surface area contributed by atoms with Gasteiger partial charge in [-0.1, -0.05) is 6.58 Å². The molecule has 0 radical (unpaired) electrons. The van der Waals surface area contributed by atoms with E-state index in [0.717, 1.165) is 0 Å². The van der Waals surface area contributed by atoms with Gasteiger partial charge in [0.05, 0.1) is 12.2 Å². The van der Waals surface area contributed by atoms with E-state index in [1.807, 2.05) is 0 Å². The van der Waals surface area contributed by atoms with Gasteiger partial charge in [-0.15, -0.1) is 0 Å². The van der Waals surface area contributed by atoms with Gasteiger partial charge < -0.3 is 9.84 Å². The number of esters is 1. The van der Waals surface area contributed by atoms with Crippen molar-refractivity contribution in [1.29, 1.82) is 0 Å². The highest BCUT2D eigenvalue weighted by atomic mass is 16.5. The minimum atomic E-state index is -0.563. The third-order valence-electron chi connectivity index (χ3n) is 2.24. The molecule has 0 saturated heterocycles. The molecule has 0 aromatic heterocycles. The number of carbonyl (C=O) groups excluding carboxylic acids is 2. The molecule has 0 spiro atoms. The highest BCUT2D eigenvalue weighted by molar-refractivity contribution is 5.88. The smallest absolute Gasteiger partial charge is 0.336 e. The van der Waals surface area contributed by atoms with Crippen LogP contribution in [0.25, 0.3) is 0 Å². The predicted octanol–water partition coefficient (Wildman–Crippen LogP) is 0.590. The lowest BCUT2D eigenvalue weighted by atomic mass is 9.96. The van der Waals surface area contributed by atoms with E-state index < -0.39 is 5.97 Å². The van der Waals surface area contributed by atoms with Gasteiger partial charge in [0.25, 0.3) is 0 Å². The van der Waals surface area contributed by atoms with Crippen LogP contribution in [0.5, 0.6) is 0 Å². The van der Waals surface area contributed by atoms with Gasteiger partial charge in [0, 0.05) is 12.8 Å². The summed E-state index contributed by atoms with van der Waals surface area (Å²) >= 11 is 0. The van der Waals surface area contributed by atoms with Crippen LogP contribution in [0.2, 0.25) is 0 Å². The third kappa shape index (κ3) is 2.96. The summed E-state index contributed by atoms with van der Waals surface area (Å²) in [6, 6.07) is 0. The summed E-state index contributed by atoms with van der Waals surface area (Å²) in [7, 11) is 0. The number of rotatable bonds is 3. The number of hydrogen-bond acceptors (Lipinski definition) is 4. The summed E-state index contributed by atoms with van der Waals surface area (Å²) < 4.78 is 5.04. The number of Topliss-reactive ketones (excluding diaryl/α,β-unsaturated/α-hetero) is 1. The molecule has 78 valence electrons. The second-order valence-corrected chi connectivity index (χ2v) is 3.41. The first kappa shape index (κ1) is 10.9. The largest absolute Gasteiger partial charge is 0.459 e. The SMILES string of the molecule is C=C(CO)C(=O)OC1CCC(=O)CC1. The molecule has 1 fully saturated rings. The van der Waals surface area contributed by atoms with Crippen LogP contribution in [0.3, 0.4) is 0 Å². The zero-order valence-corrected chi connectivity index (χ0v) is 7.99. The molecule has 0 heterocycles. The Labute approximate surface area is 82.6 Å². The Kier molecular flexibility index (Phi) is 3.83. The fourth-order valence-electron chi connectivity index (χ4n) is 1.33. The van der Waals surface area contributed by atoms with Crippen molar-refractivity contribution < 1.29 is 19.4 Å². The molecule has 1 saturated carbocycles. The molecular weight excluding hydrogens is 184 g/mol. The summed E-state index contributed by atoms with van der Waals surface area (Å²) in [6.45, 7) is 2.98. The van der Waals surface area contributed by atoms with Gasteiger partial charge in [-0.2, -0.15) is 0 Å². The molecule has 0 bridgehead atoms. The van der Waals surface area contributed by atoms with Crippen LogP contribution < -0.4 is 0 Å². The van der Waals surface area contributed by atoms with Crippen molar-refractivity contribution >= 4 is 11.8 Å². The maximum Gasteiger partial charge on any atom is 0.336 e. The Morgan fingerprint density at radius 2 is 2.07 bits per heavy atom. The second-order valence-electron chi connectivity index (χ2n) is 3.41. The number of carbonyl (C=O) groups is 2. The Morgan fingerprint density at radius 1 is 1.50 bits per heavy atom. The zero-order chi connectivity index (χ0) is 10.6. The van der Waals surface area contributed by atoms with Crippen molar-refractivity contribution in [3.63, 3.8) is 0 Å². The van der Waals surface area contributed by atoms with E-state index in [9.17, 15) is 9.59 Å². The molecule has 0 unspecified atom stereocenters. The van der Waals surface area contributed by atoms with E-state index in [1.165, 1.54) is 0 Å². The molecule has 0 aromatic carbocycles. The van der Waals surface area contributed by atoms with E-state index in [0.29, 0.717) is 25.7 Å². The summed E-state index contributed by atoms with van der Waals surface area (Å²) in [6.07, 6.45) is 1.93. The van der Waals surface area contributed by atoms with Crippen LogP contribution in [0.4, 0.5) is 0 Å². The average molecular weight is 198 g/mol. The van der Waals surface area contributed by atoms with Crippen molar-refractivity contribution in [1.82, 2.24) is 0 Å². The second kappa shape index (κ2) is 4.91. The first-order chi connectivity index (χ1) is 6.63. The molecule has 4 nitrogen and oxygen atoms in total. The highest BCUT2D eigenvalue weighted by Crippen LogP contribution is 2.18. The van der Waals surface area contributed by atoms with Gasteiger partial charge in [-0.05, 0) is 12.8 Å². The van der Waals surface area contributed by atoms with E-state index in [-0.39, 0.29) is 24.1 Å².